The molecule has 1 amide bonds. The number of anilines is 2. The SMILES string of the molecule is Nc1nnc(NC(=O)c2ccccc2C(F)(F)F)s1. The summed E-state index contributed by atoms with van der Waals surface area (Å²) in [4.78, 5) is 11.8. The Balaban J connectivity index is 2.29. The maximum atomic E-state index is 12.7. The minimum Gasteiger partial charge on any atom is -0.374 e. The number of carbonyl (C=O) groups is 1. The molecule has 1 aromatic carbocycles. The molecule has 2 aromatic rings. The maximum Gasteiger partial charge on any atom is 0.417 e. The number of nitrogens with zero attached hydrogens (tertiary/aromatic N) is 2. The van der Waals surface area contributed by atoms with Crippen LogP contribution in [0.15, 0.2) is 24.3 Å². The summed E-state index contributed by atoms with van der Waals surface area (Å²) in [5.41, 5.74) is 3.81. The second kappa shape index (κ2) is 4.84. The summed E-state index contributed by atoms with van der Waals surface area (Å²) >= 11 is 0.866. The third kappa shape index (κ3) is 2.99. The molecule has 0 aliphatic rings. The van der Waals surface area contributed by atoms with Gasteiger partial charge in [-0.25, -0.2) is 0 Å². The maximum absolute atomic E-state index is 12.7. The Hall–Kier alpha value is -2.16. The normalized spacial score (nSPS) is 11.3. The Labute approximate surface area is 109 Å². The van der Waals surface area contributed by atoms with Crippen molar-refractivity contribution in [2.24, 2.45) is 0 Å². The lowest BCUT2D eigenvalue weighted by Crippen LogP contribution is -2.18. The van der Waals surface area contributed by atoms with Crippen molar-refractivity contribution < 1.29 is 18.0 Å². The first-order valence-corrected chi connectivity index (χ1v) is 5.76. The lowest BCUT2D eigenvalue weighted by Gasteiger charge is -2.11. The Morgan fingerprint density at radius 3 is 2.53 bits per heavy atom. The highest BCUT2D eigenvalue weighted by Crippen LogP contribution is 2.32. The third-order valence-electron chi connectivity index (χ3n) is 2.14. The Morgan fingerprint density at radius 2 is 1.95 bits per heavy atom. The Kier molecular flexibility index (Phi) is 3.38. The number of aromatic nitrogens is 2. The van der Waals surface area contributed by atoms with Gasteiger partial charge in [-0.3, -0.25) is 10.1 Å². The molecule has 19 heavy (non-hydrogen) atoms. The topological polar surface area (TPSA) is 80.9 Å². The molecule has 100 valence electrons. The average molecular weight is 288 g/mol. The monoisotopic (exact) mass is 288 g/mol. The van der Waals surface area contributed by atoms with E-state index in [9.17, 15) is 18.0 Å². The number of rotatable bonds is 2. The van der Waals surface area contributed by atoms with Gasteiger partial charge in [0.2, 0.25) is 10.3 Å². The summed E-state index contributed by atoms with van der Waals surface area (Å²) in [6.07, 6.45) is -4.60. The van der Waals surface area contributed by atoms with Crippen molar-refractivity contribution in [1.82, 2.24) is 10.2 Å². The summed E-state index contributed by atoms with van der Waals surface area (Å²) in [7, 11) is 0. The predicted molar refractivity (Wildman–Crippen MR) is 63.7 cm³/mol. The molecule has 0 unspecified atom stereocenters. The van der Waals surface area contributed by atoms with Crippen LogP contribution in [-0.2, 0) is 6.18 Å². The highest BCUT2D eigenvalue weighted by molar-refractivity contribution is 7.19. The molecule has 9 heteroatoms. The number of benzene rings is 1. The number of nitrogen functional groups attached to an aromatic ring is 1. The van der Waals surface area contributed by atoms with Crippen LogP contribution in [0.4, 0.5) is 23.4 Å². The van der Waals surface area contributed by atoms with E-state index >= 15 is 0 Å². The van der Waals surface area contributed by atoms with Crippen LogP contribution in [0.5, 0.6) is 0 Å². The van der Waals surface area contributed by atoms with E-state index in [2.05, 4.69) is 15.5 Å². The van der Waals surface area contributed by atoms with Crippen molar-refractivity contribution in [2.75, 3.05) is 11.1 Å². The van der Waals surface area contributed by atoms with Gasteiger partial charge in [-0.15, -0.1) is 10.2 Å². The van der Waals surface area contributed by atoms with Crippen molar-refractivity contribution >= 4 is 27.5 Å². The molecule has 1 heterocycles. The van der Waals surface area contributed by atoms with Gasteiger partial charge in [-0.1, -0.05) is 23.5 Å². The van der Waals surface area contributed by atoms with Crippen LogP contribution in [0, 0.1) is 0 Å². The quantitative estimate of drug-likeness (QED) is 0.889. The molecule has 0 fully saturated rings. The molecule has 0 aliphatic heterocycles. The van der Waals surface area contributed by atoms with Crippen molar-refractivity contribution in [3.05, 3.63) is 35.4 Å². The number of carbonyl (C=O) groups excluding carboxylic acids is 1. The number of nitrogens with one attached hydrogen (secondary N) is 1. The lowest BCUT2D eigenvalue weighted by atomic mass is 10.1. The number of nitrogens with two attached hydrogens (primary N) is 1. The van der Waals surface area contributed by atoms with E-state index in [4.69, 9.17) is 5.73 Å². The number of hydrogen-bond acceptors (Lipinski definition) is 5. The van der Waals surface area contributed by atoms with Crippen molar-refractivity contribution in [3.8, 4) is 0 Å². The second-order valence-electron chi connectivity index (χ2n) is 3.44. The Bertz CT molecular complexity index is 611. The van der Waals surface area contributed by atoms with Crippen molar-refractivity contribution in [1.29, 1.82) is 0 Å². The smallest absolute Gasteiger partial charge is 0.374 e. The van der Waals surface area contributed by atoms with E-state index in [1.165, 1.54) is 12.1 Å². The Morgan fingerprint density at radius 1 is 1.26 bits per heavy atom. The number of amides is 1. The van der Waals surface area contributed by atoms with Gasteiger partial charge in [0.15, 0.2) is 0 Å². The molecule has 0 aliphatic carbocycles. The van der Waals surface area contributed by atoms with E-state index in [-0.39, 0.29) is 10.3 Å². The van der Waals surface area contributed by atoms with Crippen LogP contribution >= 0.6 is 11.3 Å². The van der Waals surface area contributed by atoms with Gasteiger partial charge in [0.25, 0.3) is 5.91 Å². The number of hydrogen-bond donors (Lipinski definition) is 2. The van der Waals surface area contributed by atoms with Crippen LogP contribution in [-0.4, -0.2) is 16.1 Å². The molecule has 2 rings (SSSR count). The molecule has 0 bridgehead atoms. The van der Waals surface area contributed by atoms with E-state index in [0.717, 1.165) is 23.5 Å². The van der Waals surface area contributed by atoms with Crippen LogP contribution in [0.1, 0.15) is 15.9 Å². The van der Waals surface area contributed by atoms with Crippen LogP contribution < -0.4 is 11.1 Å². The van der Waals surface area contributed by atoms with Gasteiger partial charge in [0.1, 0.15) is 0 Å². The predicted octanol–water partition coefficient (Wildman–Crippen LogP) is 2.39. The summed E-state index contributed by atoms with van der Waals surface area (Å²) in [6.45, 7) is 0. The molecule has 1 aromatic heterocycles. The van der Waals surface area contributed by atoms with Crippen LogP contribution in [0.2, 0.25) is 0 Å². The summed E-state index contributed by atoms with van der Waals surface area (Å²) in [5.74, 6) is -0.913. The molecule has 0 spiro atoms. The number of halogens is 3. The summed E-state index contributed by atoms with van der Waals surface area (Å²) in [6, 6.07) is 4.48. The standard InChI is InChI=1S/C10H7F3N4OS/c11-10(12,13)6-4-2-1-3-5(6)7(18)15-9-17-16-8(14)19-9/h1-4H,(H2,14,16)(H,15,17,18). The van der Waals surface area contributed by atoms with E-state index in [1.807, 2.05) is 0 Å². The highest BCUT2D eigenvalue weighted by Gasteiger charge is 2.34. The average Bonchev–Trinajstić information content (AvgIpc) is 2.73. The molecular weight excluding hydrogens is 281 g/mol. The van der Waals surface area contributed by atoms with Gasteiger partial charge < -0.3 is 5.73 Å². The highest BCUT2D eigenvalue weighted by atomic mass is 32.1. The zero-order valence-corrected chi connectivity index (χ0v) is 10.0. The first kappa shape index (κ1) is 13.3. The summed E-state index contributed by atoms with van der Waals surface area (Å²) in [5, 5.41) is 9.32. The number of alkyl halides is 3. The lowest BCUT2D eigenvalue weighted by molar-refractivity contribution is -0.137. The van der Waals surface area contributed by atoms with Gasteiger partial charge in [-0.2, -0.15) is 13.2 Å². The zero-order chi connectivity index (χ0) is 14.0. The second-order valence-corrected chi connectivity index (χ2v) is 4.45. The van der Waals surface area contributed by atoms with Gasteiger partial charge in [0.05, 0.1) is 11.1 Å². The fraction of sp³-hybridized carbons (Fsp3) is 0.100. The molecule has 0 saturated carbocycles. The van der Waals surface area contributed by atoms with E-state index in [1.54, 1.807) is 0 Å². The summed E-state index contributed by atoms with van der Waals surface area (Å²) < 4.78 is 38.2. The fourth-order valence-electron chi connectivity index (χ4n) is 1.38. The minimum atomic E-state index is -4.60. The van der Waals surface area contributed by atoms with E-state index < -0.39 is 23.2 Å². The fourth-order valence-corrected chi connectivity index (χ4v) is 1.88. The molecule has 3 N–H and O–H groups in total. The van der Waals surface area contributed by atoms with Crippen molar-refractivity contribution in [2.45, 2.75) is 6.18 Å². The van der Waals surface area contributed by atoms with E-state index in [0.29, 0.717) is 0 Å². The molecule has 0 atom stereocenters. The van der Waals surface area contributed by atoms with Gasteiger partial charge in [0, 0.05) is 0 Å². The largest absolute Gasteiger partial charge is 0.417 e. The van der Waals surface area contributed by atoms with Crippen LogP contribution in [0.3, 0.4) is 0 Å². The molecular formula is C10H7F3N4OS. The third-order valence-corrected chi connectivity index (χ3v) is 2.81. The van der Waals surface area contributed by atoms with Crippen LogP contribution in [0.25, 0.3) is 0 Å². The molecule has 5 nitrogen and oxygen atoms in total. The molecule has 0 saturated heterocycles. The zero-order valence-electron chi connectivity index (χ0n) is 9.23. The first-order valence-electron chi connectivity index (χ1n) is 4.94. The van der Waals surface area contributed by atoms with Gasteiger partial charge >= 0.3 is 6.18 Å². The van der Waals surface area contributed by atoms with Crippen molar-refractivity contribution in [3.63, 3.8) is 0 Å². The minimum absolute atomic E-state index is 0.0412. The molecule has 0 radical (unpaired) electrons. The van der Waals surface area contributed by atoms with Gasteiger partial charge in [-0.05, 0) is 12.1 Å². The first-order chi connectivity index (χ1) is 8.88.